The number of halogens is 1. The molecule has 0 atom stereocenters. The van der Waals surface area contributed by atoms with Crippen molar-refractivity contribution in [3.8, 4) is 0 Å². The molecular weight excluding hydrogens is 300 g/mol. The third-order valence-electron chi connectivity index (χ3n) is 2.89. The Balaban J connectivity index is 2.13. The number of carbonyl (C=O) groups excluding carboxylic acids is 1. The summed E-state index contributed by atoms with van der Waals surface area (Å²) in [5.41, 5.74) is 0.734. The Labute approximate surface area is 123 Å². The van der Waals surface area contributed by atoms with E-state index < -0.39 is 10.0 Å². The number of carbonyl (C=O) groups is 1. The molecule has 1 fully saturated rings. The van der Waals surface area contributed by atoms with E-state index in [-0.39, 0.29) is 12.5 Å². The van der Waals surface area contributed by atoms with Gasteiger partial charge in [0.15, 0.2) is 0 Å². The monoisotopic (exact) mass is 314 g/mol. The van der Waals surface area contributed by atoms with Crippen molar-refractivity contribution >= 4 is 33.6 Å². The predicted molar refractivity (Wildman–Crippen MR) is 78.6 cm³/mol. The molecule has 0 spiro atoms. The second kappa shape index (κ2) is 6.39. The van der Waals surface area contributed by atoms with Crippen LogP contribution in [-0.4, -0.2) is 38.3 Å². The first-order valence-corrected chi connectivity index (χ1v) is 8.06. The molecule has 108 valence electrons. The van der Waals surface area contributed by atoms with E-state index in [9.17, 15) is 13.2 Å². The lowest BCUT2D eigenvalue weighted by atomic mass is 10.2. The van der Waals surface area contributed by atoms with E-state index in [1.54, 1.807) is 24.3 Å². The summed E-state index contributed by atoms with van der Waals surface area (Å²) in [4.78, 5) is 11.4. The van der Waals surface area contributed by atoms with Crippen molar-refractivity contribution in [1.82, 2.24) is 9.62 Å². The molecule has 1 aliphatic heterocycles. The van der Waals surface area contributed by atoms with Crippen molar-refractivity contribution < 1.29 is 13.2 Å². The van der Waals surface area contributed by atoms with Crippen LogP contribution in [0.2, 0.25) is 5.02 Å². The second-order valence-electron chi connectivity index (χ2n) is 4.44. The van der Waals surface area contributed by atoms with Crippen molar-refractivity contribution in [2.75, 3.05) is 19.6 Å². The molecule has 0 aliphatic carbocycles. The molecule has 1 N–H and O–H groups in total. The molecule has 0 radical (unpaired) electrons. The van der Waals surface area contributed by atoms with Crippen LogP contribution in [0.1, 0.15) is 12.0 Å². The fourth-order valence-corrected chi connectivity index (χ4v) is 3.13. The van der Waals surface area contributed by atoms with E-state index in [2.05, 4.69) is 5.32 Å². The molecule has 1 aliphatic rings. The average molecular weight is 315 g/mol. The highest BCUT2D eigenvalue weighted by Gasteiger charge is 2.23. The summed E-state index contributed by atoms with van der Waals surface area (Å²) in [6.45, 7) is 0.713. The predicted octanol–water partition coefficient (Wildman–Crippen LogP) is 1.46. The maximum absolute atomic E-state index is 12.2. The smallest absolute Gasteiger partial charge is 0.236 e. The van der Waals surface area contributed by atoms with Crippen LogP contribution in [0.15, 0.2) is 29.7 Å². The van der Waals surface area contributed by atoms with E-state index >= 15 is 0 Å². The SMILES string of the molecule is O=C1CN(S(=O)(=O)C=Cc2ccc(Cl)cc2)CCCN1. The summed E-state index contributed by atoms with van der Waals surface area (Å²) in [6.07, 6.45) is 2.11. The average Bonchev–Trinajstić information content (AvgIpc) is 2.63. The van der Waals surface area contributed by atoms with Crippen LogP contribution in [0.3, 0.4) is 0 Å². The van der Waals surface area contributed by atoms with Crippen molar-refractivity contribution in [3.63, 3.8) is 0 Å². The lowest BCUT2D eigenvalue weighted by Gasteiger charge is -2.15. The molecule has 20 heavy (non-hydrogen) atoms. The van der Waals surface area contributed by atoms with Crippen LogP contribution in [-0.2, 0) is 14.8 Å². The summed E-state index contributed by atoms with van der Waals surface area (Å²) in [5.74, 6) is -0.272. The van der Waals surface area contributed by atoms with Gasteiger partial charge in [0.25, 0.3) is 0 Å². The van der Waals surface area contributed by atoms with Crippen LogP contribution < -0.4 is 5.32 Å². The molecule has 0 aromatic heterocycles. The summed E-state index contributed by atoms with van der Waals surface area (Å²) >= 11 is 5.76. The molecule has 2 rings (SSSR count). The third-order valence-corrected chi connectivity index (χ3v) is 4.65. The quantitative estimate of drug-likeness (QED) is 0.918. The zero-order valence-corrected chi connectivity index (χ0v) is 12.3. The lowest BCUT2D eigenvalue weighted by Crippen LogP contribution is -2.36. The minimum absolute atomic E-state index is 0.132. The zero-order valence-electron chi connectivity index (χ0n) is 10.8. The lowest BCUT2D eigenvalue weighted by molar-refractivity contribution is -0.120. The fourth-order valence-electron chi connectivity index (χ4n) is 1.82. The zero-order chi connectivity index (χ0) is 14.6. The fraction of sp³-hybridized carbons (Fsp3) is 0.308. The Bertz CT molecular complexity index is 611. The van der Waals surface area contributed by atoms with Crippen LogP contribution in [0, 0.1) is 0 Å². The van der Waals surface area contributed by atoms with Gasteiger partial charge >= 0.3 is 0 Å². The van der Waals surface area contributed by atoms with Gasteiger partial charge in [-0.05, 0) is 30.2 Å². The number of hydrogen-bond donors (Lipinski definition) is 1. The van der Waals surface area contributed by atoms with E-state index in [1.807, 2.05) is 0 Å². The van der Waals surface area contributed by atoms with Gasteiger partial charge in [-0.3, -0.25) is 4.79 Å². The summed E-state index contributed by atoms with van der Waals surface area (Å²) in [5, 5.41) is 4.35. The highest BCUT2D eigenvalue weighted by atomic mass is 35.5. The van der Waals surface area contributed by atoms with Gasteiger partial charge in [0, 0.05) is 23.5 Å². The van der Waals surface area contributed by atoms with Gasteiger partial charge < -0.3 is 5.32 Å². The molecule has 1 aromatic rings. The molecule has 7 heteroatoms. The molecule has 1 heterocycles. The molecule has 1 amide bonds. The number of hydrogen-bond acceptors (Lipinski definition) is 3. The van der Waals surface area contributed by atoms with Gasteiger partial charge in [-0.2, -0.15) is 4.31 Å². The van der Waals surface area contributed by atoms with Crippen LogP contribution in [0.4, 0.5) is 0 Å². The van der Waals surface area contributed by atoms with Gasteiger partial charge in [0.1, 0.15) is 0 Å². The van der Waals surface area contributed by atoms with Gasteiger partial charge in [-0.25, -0.2) is 8.42 Å². The molecule has 0 saturated carbocycles. The van der Waals surface area contributed by atoms with Gasteiger partial charge in [-0.1, -0.05) is 23.7 Å². The first-order valence-electron chi connectivity index (χ1n) is 6.18. The van der Waals surface area contributed by atoms with Gasteiger partial charge in [-0.15, -0.1) is 0 Å². The van der Waals surface area contributed by atoms with Gasteiger partial charge in [0.2, 0.25) is 15.9 Å². The third kappa shape index (κ3) is 4.06. The van der Waals surface area contributed by atoms with Gasteiger partial charge in [0.05, 0.1) is 6.54 Å². The molecule has 5 nitrogen and oxygen atoms in total. The van der Waals surface area contributed by atoms with Crippen LogP contribution in [0.25, 0.3) is 6.08 Å². The Morgan fingerprint density at radius 3 is 2.65 bits per heavy atom. The van der Waals surface area contributed by atoms with Crippen molar-refractivity contribution in [2.24, 2.45) is 0 Å². The first kappa shape index (κ1) is 15.0. The van der Waals surface area contributed by atoms with Crippen molar-refractivity contribution in [2.45, 2.75) is 6.42 Å². The van der Waals surface area contributed by atoms with E-state index in [1.165, 1.54) is 10.4 Å². The van der Waals surface area contributed by atoms with E-state index in [0.29, 0.717) is 24.5 Å². The van der Waals surface area contributed by atoms with E-state index in [4.69, 9.17) is 11.6 Å². The number of nitrogens with zero attached hydrogens (tertiary/aromatic N) is 1. The normalized spacial score (nSPS) is 17.9. The Hall–Kier alpha value is -1.37. The maximum Gasteiger partial charge on any atom is 0.236 e. The number of sulfonamides is 1. The minimum Gasteiger partial charge on any atom is -0.355 e. The molecule has 1 saturated heterocycles. The maximum atomic E-state index is 12.2. The van der Waals surface area contributed by atoms with E-state index in [0.717, 1.165) is 11.0 Å². The van der Waals surface area contributed by atoms with Crippen LogP contribution in [0.5, 0.6) is 0 Å². The molecule has 0 unspecified atom stereocenters. The minimum atomic E-state index is -3.59. The Morgan fingerprint density at radius 2 is 1.95 bits per heavy atom. The highest BCUT2D eigenvalue weighted by molar-refractivity contribution is 7.92. The van der Waals surface area contributed by atoms with Crippen molar-refractivity contribution in [3.05, 3.63) is 40.3 Å². The standard InChI is InChI=1S/C13H15ClN2O3S/c14-12-4-2-11(3-5-12)6-9-20(18,19)16-8-1-7-15-13(17)10-16/h2-6,9H,1,7-8,10H2,(H,15,17). The summed E-state index contributed by atoms with van der Waals surface area (Å²) in [6, 6.07) is 6.83. The number of benzene rings is 1. The highest BCUT2D eigenvalue weighted by Crippen LogP contribution is 2.13. The number of rotatable bonds is 3. The second-order valence-corrected chi connectivity index (χ2v) is 6.69. The summed E-state index contributed by atoms with van der Waals surface area (Å²) in [7, 11) is -3.59. The molecule has 1 aromatic carbocycles. The number of nitrogens with one attached hydrogen (secondary N) is 1. The van der Waals surface area contributed by atoms with Crippen LogP contribution >= 0.6 is 11.6 Å². The largest absolute Gasteiger partial charge is 0.355 e. The number of amides is 1. The first-order chi connectivity index (χ1) is 9.47. The Morgan fingerprint density at radius 1 is 1.25 bits per heavy atom. The topological polar surface area (TPSA) is 66.5 Å². The summed E-state index contributed by atoms with van der Waals surface area (Å²) < 4.78 is 25.5. The molecular formula is C13H15ClN2O3S. The Kier molecular flexibility index (Phi) is 4.80. The van der Waals surface area contributed by atoms with Crippen molar-refractivity contribution in [1.29, 1.82) is 0 Å². The molecule has 0 bridgehead atoms.